The van der Waals surface area contributed by atoms with Crippen molar-refractivity contribution in [3.8, 4) is 11.8 Å². The molecule has 0 aliphatic heterocycles. The molecule has 1 N–H and O–H groups in total. The van der Waals surface area contributed by atoms with E-state index in [-0.39, 0.29) is 11.3 Å². The van der Waals surface area contributed by atoms with Crippen molar-refractivity contribution in [1.29, 1.82) is 0 Å². The lowest BCUT2D eigenvalue weighted by molar-refractivity contribution is -0.0774. The Morgan fingerprint density at radius 1 is 1.41 bits per heavy atom. The van der Waals surface area contributed by atoms with Gasteiger partial charge in [-0.05, 0) is 39.8 Å². The third-order valence-corrected chi connectivity index (χ3v) is 2.72. The summed E-state index contributed by atoms with van der Waals surface area (Å²) in [4.78, 5) is 3.81. The largest absolute Gasteiger partial charge is 0.304 e. The Labute approximate surface area is 102 Å². The molecule has 3 heteroatoms. The average molecular weight is 235 g/mol. The standard InChI is InChI=1S/C14H18FNO/c1-4-5-6-7-13(17-15)12(2)8-9-14(16-3)10-11-14/h4-7,16H,10-11H2,1-3H3/b5-4+,7-6-,13-12-. The summed E-state index contributed by atoms with van der Waals surface area (Å²) in [7, 11) is 1.89. The van der Waals surface area contributed by atoms with E-state index in [1.807, 2.05) is 20.0 Å². The Hall–Kier alpha value is -1.53. The molecule has 0 saturated heterocycles. The molecule has 1 rings (SSSR count). The van der Waals surface area contributed by atoms with Gasteiger partial charge in [-0.25, -0.2) is 0 Å². The van der Waals surface area contributed by atoms with Crippen LogP contribution in [-0.2, 0) is 4.94 Å². The second-order valence-electron chi connectivity index (χ2n) is 4.03. The fraction of sp³-hybridized carbons (Fsp3) is 0.429. The molecule has 0 aromatic carbocycles. The van der Waals surface area contributed by atoms with Crippen LogP contribution in [0.4, 0.5) is 4.53 Å². The fourth-order valence-electron chi connectivity index (χ4n) is 1.30. The summed E-state index contributed by atoms with van der Waals surface area (Å²) >= 11 is 0. The highest BCUT2D eigenvalue weighted by atomic mass is 19.3. The maximum absolute atomic E-state index is 12.3. The van der Waals surface area contributed by atoms with Crippen molar-refractivity contribution >= 4 is 0 Å². The number of halogens is 1. The molecule has 0 aromatic heterocycles. The van der Waals surface area contributed by atoms with Crippen molar-refractivity contribution in [3.63, 3.8) is 0 Å². The molecule has 1 fully saturated rings. The van der Waals surface area contributed by atoms with Crippen LogP contribution < -0.4 is 5.32 Å². The summed E-state index contributed by atoms with van der Waals surface area (Å²) in [6.45, 7) is 3.63. The molecule has 0 aromatic rings. The summed E-state index contributed by atoms with van der Waals surface area (Å²) in [5, 5.41) is 3.16. The van der Waals surface area contributed by atoms with Crippen molar-refractivity contribution in [3.05, 3.63) is 35.6 Å². The van der Waals surface area contributed by atoms with Crippen LogP contribution in [0.3, 0.4) is 0 Å². The van der Waals surface area contributed by atoms with Gasteiger partial charge in [-0.3, -0.25) is 4.94 Å². The van der Waals surface area contributed by atoms with Gasteiger partial charge in [-0.2, -0.15) is 0 Å². The van der Waals surface area contributed by atoms with E-state index in [2.05, 4.69) is 22.1 Å². The highest BCUT2D eigenvalue weighted by molar-refractivity contribution is 5.39. The predicted molar refractivity (Wildman–Crippen MR) is 67.6 cm³/mol. The zero-order chi connectivity index (χ0) is 12.7. The van der Waals surface area contributed by atoms with Gasteiger partial charge in [0.2, 0.25) is 0 Å². The van der Waals surface area contributed by atoms with Crippen LogP contribution >= 0.6 is 0 Å². The maximum Gasteiger partial charge on any atom is 0.183 e. The van der Waals surface area contributed by atoms with E-state index in [1.165, 1.54) is 0 Å². The number of allylic oxidation sites excluding steroid dienone is 5. The Balaban J connectivity index is 2.79. The fourth-order valence-corrected chi connectivity index (χ4v) is 1.30. The van der Waals surface area contributed by atoms with Crippen molar-refractivity contribution in [2.75, 3.05) is 7.05 Å². The van der Waals surface area contributed by atoms with E-state index >= 15 is 0 Å². The Morgan fingerprint density at radius 3 is 2.59 bits per heavy atom. The van der Waals surface area contributed by atoms with Gasteiger partial charge in [0.25, 0.3) is 0 Å². The smallest absolute Gasteiger partial charge is 0.183 e. The number of hydrogen-bond acceptors (Lipinski definition) is 2. The molecule has 0 amide bonds. The molecule has 2 nitrogen and oxygen atoms in total. The minimum absolute atomic E-state index is 0.0598. The minimum Gasteiger partial charge on any atom is -0.304 e. The molecule has 92 valence electrons. The van der Waals surface area contributed by atoms with Gasteiger partial charge in [0.15, 0.2) is 5.76 Å². The highest BCUT2D eigenvalue weighted by Gasteiger charge is 2.39. The molecular weight excluding hydrogens is 217 g/mol. The van der Waals surface area contributed by atoms with Crippen molar-refractivity contribution in [1.82, 2.24) is 5.32 Å². The molecule has 1 saturated carbocycles. The quantitative estimate of drug-likeness (QED) is 0.459. The molecule has 1 aliphatic carbocycles. The van der Waals surface area contributed by atoms with Crippen LogP contribution in [0.25, 0.3) is 0 Å². The first-order valence-electron chi connectivity index (χ1n) is 5.68. The van der Waals surface area contributed by atoms with Gasteiger partial charge in [0, 0.05) is 10.1 Å². The van der Waals surface area contributed by atoms with Crippen LogP contribution in [0.2, 0.25) is 0 Å². The normalized spacial score (nSPS) is 18.8. The molecule has 17 heavy (non-hydrogen) atoms. The molecule has 0 atom stereocenters. The van der Waals surface area contributed by atoms with Crippen LogP contribution in [0, 0.1) is 11.8 Å². The molecular formula is C14H18FNO. The molecule has 0 bridgehead atoms. The van der Waals surface area contributed by atoms with E-state index in [4.69, 9.17) is 0 Å². The Kier molecular flexibility index (Phi) is 4.99. The van der Waals surface area contributed by atoms with Crippen LogP contribution in [-0.4, -0.2) is 12.6 Å². The van der Waals surface area contributed by atoms with E-state index < -0.39 is 0 Å². The van der Waals surface area contributed by atoms with Crippen molar-refractivity contribution in [2.24, 2.45) is 0 Å². The third-order valence-electron chi connectivity index (χ3n) is 2.72. The van der Waals surface area contributed by atoms with Gasteiger partial charge in [0.05, 0.1) is 5.54 Å². The molecule has 0 unspecified atom stereocenters. The van der Waals surface area contributed by atoms with E-state index in [0.717, 1.165) is 12.8 Å². The first-order chi connectivity index (χ1) is 8.17. The van der Waals surface area contributed by atoms with Crippen molar-refractivity contribution in [2.45, 2.75) is 32.2 Å². The van der Waals surface area contributed by atoms with Crippen LogP contribution in [0.15, 0.2) is 35.6 Å². The zero-order valence-corrected chi connectivity index (χ0v) is 10.5. The highest BCUT2D eigenvalue weighted by Crippen LogP contribution is 2.33. The van der Waals surface area contributed by atoms with E-state index in [1.54, 1.807) is 25.2 Å². The van der Waals surface area contributed by atoms with Gasteiger partial charge in [0.1, 0.15) is 0 Å². The molecule has 0 spiro atoms. The summed E-state index contributed by atoms with van der Waals surface area (Å²) in [6.07, 6.45) is 9.02. The minimum atomic E-state index is -0.0598. The van der Waals surface area contributed by atoms with Gasteiger partial charge in [-0.1, -0.05) is 30.1 Å². The molecule has 0 radical (unpaired) electrons. The predicted octanol–water partition coefficient (Wildman–Crippen LogP) is 3.05. The van der Waals surface area contributed by atoms with Crippen molar-refractivity contribution < 1.29 is 9.47 Å². The van der Waals surface area contributed by atoms with Gasteiger partial charge >= 0.3 is 0 Å². The number of hydrogen-bond donors (Lipinski definition) is 1. The summed E-state index contributed by atoms with van der Waals surface area (Å²) in [6, 6.07) is 0. The number of nitrogens with one attached hydrogen (secondary N) is 1. The lowest BCUT2D eigenvalue weighted by atomic mass is 10.2. The lowest BCUT2D eigenvalue weighted by Crippen LogP contribution is -2.24. The van der Waals surface area contributed by atoms with E-state index in [0.29, 0.717) is 5.57 Å². The topological polar surface area (TPSA) is 21.3 Å². The first kappa shape index (κ1) is 13.5. The second-order valence-corrected chi connectivity index (χ2v) is 4.03. The lowest BCUT2D eigenvalue weighted by Gasteiger charge is -2.03. The summed E-state index contributed by atoms with van der Waals surface area (Å²) < 4.78 is 12.3. The first-order valence-corrected chi connectivity index (χ1v) is 5.68. The summed E-state index contributed by atoms with van der Waals surface area (Å²) in [5.41, 5.74) is 0.533. The second kappa shape index (κ2) is 6.27. The van der Waals surface area contributed by atoms with E-state index in [9.17, 15) is 4.53 Å². The monoisotopic (exact) mass is 235 g/mol. The summed E-state index contributed by atoms with van der Waals surface area (Å²) in [5.74, 6) is 6.20. The molecule has 0 heterocycles. The third kappa shape index (κ3) is 4.08. The van der Waals surface area contributed by atoms with Crippen LogP contribution in [0.1, 0.15) is 26.7 Å². The zero-order valence-electron chi connectivity index (χ0n) is 10.5. The van der Waals surface area contributed by atoms with Gasteiger partial charge in [-0.15, -0.1) is 0 Å². The average Bonchev–Trinajstić information content (AvgIpc) is 3.12. The van der Waals surface area contributed by atoms with Gasteiger partial charge < -0.3 is 5.32 Å². The number of rotatable bonds is 4. The SMILES string of the molecule is C/C=C/C=C\C(OF)=C(/C)C#CC1(NC)CC1. The Morgan fingerprint density at radius 2 is 2.12 bits per heavy atom. The molecule has 1 aliphatic rings. The van der Waals surface area contributed by atoms with Crippen LogP contribution in [0.5, 0.6) is 0 Å². The Bertz CT molecular complexity index is 406. The maximum atomic E-state index is 12.3.